The maximum atomic E-state index is 12.6. The lowest BCUT2D eigenvalue weighted by Gasteiger charge is -2.27. The molecule has 1 amide bonds. The SMILES string of the molecule is CCc1ccc(C(C)(C)NC(=O)c2cc(N)ccc2C)cc1.Cl. The van der Waals surface area contributed by atoms with Gasteiger partial charge in [0.25, 0.3) is 5.91 Å². The Bertz CT molecular complexity index is 678. The van der Waals surface area contributed by atoms with Crippen LogP contribution in [0.5, 0.6) is 0 Å². The first kappa shape index (κ1) is 19.0. The van der Waals surface area contributed by atoms with Crippen LogP contribution >= 0.6 is 12.4 Å². The van der Waals surface area contributed by atoms with Gasteiger partial charge in [-0.1, -0.05) is 37.3 Å². The summed E-state index contributed by atoms with van der Waals surface area (Å²) in [6, 6.07) is 13.8. The highest BCUT2D eigenvalue weighted by atomic mass is 35.5. The van der Waals surface area contributed by atoms with Gasteiger partial charge in [-0.05, 0) is 56.0 Å². The van der Waals surface area contributed by atoms with Crippen molar-refractivity contribution in [3.05, 3.63) is 64.7 Å². The Kier molecular flexibility index (Phi) is 6.22. The number of rotatable bonds is 4. The van der Waals surface area contributed by atoms with Crippen molar-refractivity contribution in [3.8, 4) is 0 Å². The third-order valence-electron chi connectivity index (χ3n) is 4.02. The Morgan fingerprint density at radius 2 is 1.74 bits per heavy atom. The maximum absolute atomic E-state index is 12.6. The predicted octanol–water partition coefficient (Wildman–Crippen LogP) is 4.23. The molecular formula is C19H25ClN2O. The highest BCUT2D eigenvalue weighted by Gasteiger charge is 2.24. The van der Waals surface area contributed by atoms with Gasteiger partial charge in [-0.25, -0.2) is 0 Å². The minimum atomic E-state index is -0.444. The van der Waals surface area contributed by atoms with Gasteiger partial charge in [0.1, 0.15) is 0 Å². The maximum Gasteiger partial charge on any atom is 0.252 e. The quantitative estimate of drug-likeness (QED) is 0.823. The lowest BCUT2D eigenvalue weighted by atomic mass is 9.92. The Hall–Kier alpha value is -2.00. The van der Waals surface area contributed by atoms with E-state index in [2.05, 4.69) is 36.5 Å². The van der Waals surface area contributed by atoms with Gasteiger partial charge >= 0.3 is 0 Å². The number of nitrogens with one attached hydrogen (secondary N) is 1. The van der Waals surface area contributed by atoms with Crippen molar-refractivity contribution in [1.82, 2.24) is 5.32 Å². The lowest BCUT2D eigenvalue weighted by Crippen LogP contribution is -2.41. The van der Waals surface area contributed by atoms with Gasteiger partial charge in [-0.15, -0.1) is 12.4 Å². The van der Waals surface area contributed by atoms with E-state index in [1.807, 2.05) is 26.8 Å². The van der Waals surface area contributed by atoms with E-state index in [1.54, 1.807) is 12.1 Å². The standard InChI is InChI=1S/C19H24N2O.ClH/c1-5-14-7-9-15(10-8-14)19(3,4)21-18(22)17-12-16(20)11-6-13(17)2;/h6-12H,5,20H2,1-4H3,(H,21,22);1H. The average Bonchev–Trinajstić information content (AvgIpc) is 2.49. The molecule has 0 radical (unpaired) electrons. The van der Waals surface area contributed by atoms with Crippen molar-refractivity contribution in [2.45, 2.75) is 39.7 Å². The molecular weight excluding hydrogens is 308 g/mol. The van der Waals surface area contributed by atoms with Crippen LogP contribution in [-0.4, -0.2) is 5.91 Å². The van der Waals surface area contributed by atoms with Crippen molar-refractivity contribution in [2.75, 3.05) is 5.73 Å². The van der Waals surface area contributed by atoms with Crippen LogP contribution in [0, 0.1) is 6.92 Å². The molecule has 2 rings (SSSR count). The molecule has 0 aliphatic rings. The van der Waals surface area contributed by atoms with Crippen LogP contribution < -0.4 is 11.1 Å². The van der Waals surface area contributed by atoms with Crippen LogP contribution in [-0.2, 0) is 12.0 Å². The molecule has 0 fully saturated rings. The van der Waals surface area contributed by atoms with E-state index in [9.17, 15) is 4.79 Å². The van der Waals surface area contributed by atoms with Gasteiger partial charge in [0.2, 0.25) is 0 Å². The van der Waals surface area contributed by atoms with Crippen molar-refractivity contribution in [2.24, 2.45) is 0 Å². The molecule has 2 aromatic rings. The minimum Gasteiger partial charge on any atom is -0.399 e. The summed E-state index contributed by atoms with van der Waals surface area (Å²) >= 11 is 0. The first-order chi connectivity index (χ1) is 10.3. The molecule has 0 bridgehead atoms. The zero-order valence-corrected chi connectivity index (χ0v) is 15.0. The summed E-state index contributed by atoms with van der Waals surface area (Å²) in [4.78, 5) is 12.6. The number of benzene rings is 2. The molecule has 0 spiro atoms. The topological polar surface area (TPSA) is 55.1 Å². The molecule has 0 atom stereocenters. The number of carbonyl (C=O) groups is 1. The number of nitrogen functional groups attached to an aromatic ring is 1. The third kappa shape index (κ3) is 4.49. The van der Waals surface area contributed by atoms with E-state index < -0.39 is 5.54 Å². The second-order valence-corrected chi connectivity index (χ2v) is 6.20. The van der Waals surface area contributed by atoms with E-state index in [0.717, 1.165) is 17.5 Å². The van der Waals surface area contributed by atoms with Crippen LogP contribution in [0.2, 0.25) is 0 Å². The Balaban J connectivity index is 0.00000264. The summed E-state index contributed by atoms with van der Waals surface area (Å²) in [5, 5.41) is 3.10. The second kappa shape index (κ2) is 7.51. The van der Waals surface area contributed by atoms with Crippen LogP contribution in [0.3, 0.4) is 0 Å². The van der Waals surface area contributed by atoms with E-state index in [0.29, 0.717) is 11.3 Å². The van der Waals surface area contributed by atoms with E-state index in [4.69, 9.17) is 5.73 Å². The summed E-state index contributed by atoms with van der Waals surface area (Å²) < 4.78 is 0. The molecule has 3 nitrogen and oxygen atoms in total. The van der Waals surface area contributed by atoms with Gasteiger partial charge in [0, 0.05) is 11.3 Å². The summed E-state index contributed by atoms with van der Waals surface area (Å²) in [7, 11) is 0. The molecule has 0 unspecified atom stereocenters. The third-order valence-corrected chi connectivity index (χ3v) is 4.02. The van der Waals surface area contributed by atoms with E-state index in [1.165, 1.54) is 5.56 Å². The molecule has 0 heterocycles. The minimum absolute atomic E-state index is 0. The predicted molar refractivity (Wildman–Crippen MR) is 99.2 cm³/mol. The normalized spacial score (nSPS) is 10.8. The molecule has 3 N–H and O–H groups in total. The van der Waals surface area contributed by atoms with Gasteiger partial charge in [-0.3, -0.25) is 4.79 Å². The average molecular weight is 333 g/mol. The molecule has 0 aliphatic carbocycles. The van der Waals surface area contributed by atoms with Crippen molar-refractivity contribution < 1.29 is 4.79 Å². The van der Waals surface area contributed by atoms with Gasteiger partial charge in [0.05, 0.1) is 5.54 Å². The summed E-state index contributed by atoms with van der Waals surface area (Å²) in [5.41, 5.74) is 9.86. The van der Waals surface area contributed by atoms with E-state index in [-0.39, 0.29) is 18.3 Å². The molecule has 2 aromatic carbocycles. The number of halogens is 1. The van der Waals surface area contributed by atoms with Gasteiger partial charge in [0.15, 0.2) is 0 Å². The summed E-state index contributed by atoms with van der Waals surface area (Å²) in [5.74, 6) is -0.102. The van der Waals surface area contributed by atoms with Crippen molar-refractivity contribution in [3.63, 3.8) is 0 Å². The monoisotopic (exact) mass is 332 g/mol. The fourth-order valence-electron chi connectivity index (χ4n) is 2.46. The van der Waals surface area contributed by atoms with Gasteiger partial charge in [-0.2, -0.15) is 0 Å². The zero-order valence-electron chi connectivity index (χ0n) is 14.1. The number of aryl methyl sites for hydroxylation is 2. The highest BCUT2D eigenvalue weighted by Crippen LogP contribution is 2.22. The van der Waals surface area contributed by atoms with Crippen LogP contribution in [0.1, 0.15) is 47.8 Å². The Morgan fingerprint density at radius 3 is 2.30 bits per heavy atom. The number of amides is 1. The van der Waals surface area contributed by atoms with Crippen molar-refractivity contribution >= 4 is 24.0 Å². The Morgan fingerprint density at radius 1 is 1.13 bits per heavy atom. The van der Waals surface area contributed by atoms with E-state index >= 15 is 0 Å². The molecule has 4 heteroatoms. The van der Waals surface area contributed by atoms with Crippen molar-refractivity contribution in [1.29, 1.82) is 0 Å². The fourth-order valence-corrected chi connectivity index (χ4v) is 2.46. The number of hydrogen-bond acceptors (Lipinski definition) is 2. The highest BCUT2D eigenvalue weighted by molar-refractivity contribution is 5.97. The number of anilines is 1. The van der Waals surface area contributed by atoms with Crippen LogP contribution in [0.15, 0.2) is 42.5 Å². The molecule has 0 aliphatic heterocycles. The molecule has 23 heavy (non-hydrogen) atoms. The van der Waals surface area contributed by atoms with Gasteiger partial charge < -0.3 is 11.1 Å². The van der Waals surface area contributed by atoms with Crippen LogP contribution in [0.25, 0.3) is 0 Å². The molecule has 0 saturated carbocycles. The van der Waals surface area contributed by atoms with Crippen LogP contribution in [0.4, 0.5) is 5.69 Å². The zero-order chi connectivity index (χ0) is 16.3. The molecule has 124 valence electrons. The number of hydrogen-bond donors (Lipinski definition) is 2. The summed E-state index contributed by atoms with van der Waals surface area (Å²) in [6.07, 6.45) is 1.01. The molecule has 0 aromatic heterocycles. The number of carbonyl (C=O) groups excluding carboxylic acids is 1. The fraction of sp³-hybridized carbons (Fsp3) is 0.316. The summed E-state index contributed by atoms with van der Waals surface area (Å²) in [6.45, 7) is 8.06. The first-order valence-corrected chi connectivity index (χ1v) is 7.61. The first-order valence-electron chi connectivity index (χ1n) is 7.61. The largest absolute Gasteiger partial charge is 0.399 e. The second-order valence-electron chi connectivity index (χ2n) is 6.20. The number of nitrogens with two attached hydrogens (primary N) is 1. The lowest BCUT2D eigenvalue weighted by molar-refractivity contribution is 0.0911. The molecule has 0 saturated heterocycles. The smallest absolute Gasteiger partial charge is 0.252 e. The Labute approximate surface area is 144 Å².